The lowest BCUT2D eigenvalue weighted by Crippen LogP contribution is -2.35. The Balaban J connectivity index is 1.45. The predicted molar refractivity (Wildman–Crippen MR) is 123 cm³/mol. The lowest BCUT2D eigenvalue weighted by molar-refractivity contribution is -0.122. The molecule has 156 valence electrons. The van der Waals surface area contributed by atoms with Crippen LogP contribution in [0.1, 0.15) is 40.5 Å². The van der Waals surface area contributed by atoms with Gasteiger partial charge < -0.3 is 5.32 Å². The number of aryl methyl sites for hydroxylation is 2. The van der Waals surface area contributed by atoms with Crippen LogP contribution in [0, 0.1) is 0 Å². The number of carbonyl (C=O) groups excluding carboxylic acids is 1. The van der Waals surface area contributed by atoms with E-state index in [-0.39, 0.29) is 24.1 Å². The number of carbonyl (C=O) groups is 1. The number of amides is 1. The van der Waals surface area contributed by atoms with Gasteiger partial charge in [-0.3, -0.25) is 14.2 Å². The molecular formula is C25H23N3O2S. The molecule has 0 bridgehead atoms. The van der Waals surface area contributed by atoms with Gasteiger partial charge in [0.1, 0.15) is 6.54 Å². The number of hydrogen-bond donors (Lipinski definition) is 1. The largest absolute Gasteiger partial charge is 0.343 e. The molecule has 0 fully saturated rings. The molecular weight excluding hydrogens is 406 g/mol. The Morgan fingerprint density at radius 3 is 2.74 bits per heavy atom. The van der Waals surface area contributed by atoms with Gasteiger partial charge in [-0.1, -0.05) is 36.4 Å². The number of para-hydroxylation sites is 2. The minimum absolute atomic E-state index is 0.0469. The van der Waals surface area contributed by atoms with Crippen LogP contribution in [0.5, 0.6) is 0 Å². The maximum absolute atomic E-state index is 13.1. The average molecular weight is 430 g/mol. The van der Waals surface area contributed by atoms with E-state index in [0.29, 0.717) is 11.0 Å². The van der Waals surface area contributed by atoms with Gasteiger partial charge in [-0.15, -0.1) is 11.3 Å². The standard InChI is InChI=1S/C25H23N3O2S/c29-23(16-28-21-9-4-3-8-20(21)26-15-24(28)30)27-25(22-10-5-13-31-22)19-12-11-17-6-1-2-7-18(17)14-19/h3-5,8-15,25H,1-2,6-7,16H2,(H,27,29)/t25-/m1/s1. The van der Waals surface area contributed by atoms with Crippen LogP contribution in [0.15, 0.2) is 71.0 Å². The molecule has 1 aliphatic carbocycles. The molecule has 2 aromatic heterocycles. The lowest BCUT2D eigenvalue weighted by Gasteiger charge is -2.22. The fourth-order valence-corrected chi connectivity index (χ4v) is 5.14. The topological polar surface area (TPSA) is 64.0 Å². The number of nitrogens with one attached hydrogen (secondary N) is 1. The number of benzene rings is 2. The van der Waals surface area contributed by atoms with E-state index in [2.05, 4.69) is 28.5 Å². The quantitative estimate of drug-likeness (QED) is 0.516. The number of nitrogens with zero attached hydrogens (tertiary/aromatic N) is 2. The molecule has 0 unspecified atom stereocenters. The molecule has 2 heterocycles. The normalized spacial score (nSPS) is 14.2. The van der Waals surface area contributed by atoms with E-state index in [1.54, 1.807) is 11.3 Å². The summed E-state index contributed by atoms with van der Waals surface area (Å²) in [6.07, 6.45) is 5.95. The van der Waals surface area contributed by atoms with Gasteiger partial charge in [0, 0.05) is 4.88 Å². The van der Waals surface area contributed by atoms with Crippen molar-refractivity contribution in [3.8, 4) is 0 Å². The summed E-state index contributed by atoms with van der Waals surface area (Å²) in [4.78, 5) is 30.8. The first-order valence-electron chi connectivity index (χ1n) is 10.6. The van der Waals surface area contributed by atoms with Crippen molar-refractivity contribution in [3.05, 3.63) is 98.1 Å². The molecule has 31 heavy (non-hydrogen) atoms. The van der Waals surface area contributed by atoms with Crippen LogP contribution >= 0.6 is 11.3 Å². The van der Waals surface area contributed by atoms with Crippen molar-refractivity contribution in [2.45, 2.75) is 38.3 Å². The van der Waals surface area contributed by atoms with E-state index in [9.17, 15) is 9.59 Å². The monoisotopic (exact) mass is 429 g/mol. The third-order valence-corrected chi connectivity index (χ3v) is 6.83. The summed E-state index contributed by atoms with van der Waals surface area (Å²) in [5.74, 6) is -0.199. The molecule has 0 spiro atoms. The first kappa shape index (κ1) is 19.7. The minimum atomic E-state index is -0.282. The van der Waals surface area contributed by atoms with Gasteiger partial charge in [0.05, 0.1) is 23.3 Å². The van der Waals surface area contributed by atoms with Gasteiger partial charge >= 0.3 is 0 Å². The van der Waals surface area contributed by atoms with Crippen LogP contribution in [0.2, 0.25) is 0 Å². The predicted octanol–water partition coefficient (Wildman–Crippen LogP) is 4.24. The van der Waals surface area contributed by atoms with E-state index in [0.717, 1.165) is 23.3 Å². The fraction of sp³-hybridized carbons (Fsp3) is 0.240. The average Bonchev–Trinajstić information content (AvgIpc) is 3.34. The zero-order valence-corrected chi connectivity index (χ0v) is 17.9. The highest BCUT2D eigenvalue weighted by Crippen LogP contribution is 2.30. The highest BCUT2D eigenvalue weighted by molar-refractivity contribution is 7.10. The second-order valence-corrected chi connectivity index (χ2v) is 8.90. The van der Waals surface area contributed by atoms with E-state index < -0.39 is 0 Å². The summed E-state index contributed by atoms with van der Waals surface area (Å²) >= 11 is 1.62. The zero-order chi connectivity index (χ0) is 21.2. The van der Waals surface area contributed by atoms with Crippen molar-refractivity contribution < 1.29 is 4.79 Å². The number of fused-ring (bicyclic) bond motifs is 2. The Hall–Kier alpha value is -3.25. The van der Waals surface area contributed by atoms with Crippen molar-refractivity contribution in [2.24, 2.45) is 0 Å². The SMILES string of the molecule is O=C(Cn1c(=O)cnc2ccccc21)N[C@H](c1ccc2c(c1)CCCC2)c1cccs1. The Bertz CT molecular complexity index is 1290. The molecule has 1 aliphatic rings. The Morgan fingerprint density at radius 2 is 1.90 bits per heavy atom. The van der Waals surface area contributed by atoms with Gasteiger partial charge in [-0.05, 0) is 66.0 Å². The number of hydrogen-bond acceptors (Lipinski definition) is 4. The van der Waals surface area contributed by atoms with Crippen molar-refractivity contribution in [1.29, 1.82) is 0 Å². The van der Waals surface area contributed by atoms with Gasteiger partial charge in [-0.25, -0.2) is 4.98 Å². The number of aromatic nitrogens is 2. The molecule has 5 rings (SSSR count). The summed E-state index contributed by atoms with van der Waals surface area (Å²) in [6.45, 7) is -0.0469. The van der Waals surface area contributed by atoms with Crippen LogP contribution in [0.4, 0.5) is 0 Å². The maximum atomic E-state index is 13.1. The molecule has 0 saturated carbocycles. The summed E-state index contributed by atoms with van der Waals surface area (Å²) in [7, 11) is 0. The van der Waals surface area contributed by atoms with Crippen LogP contribution in [-0.2, 0) is 24.2 Å². The third kappa shape index (κ3) is 4.03. The molecule has 1 amide bonds. The third-order valence-electron chi connectivity index (χ3n) is 5.89. The smallest absolute Gasteiger partial charge is 0.269 e. The second-order valence-electron chi connectivity index (χ2n) is 7.92. The van der Waals surface area contributed by atoms with E-state index >= 15 is 0 Å². The number of thiophene rings is 1. The Labute approximate surface area is 184 Å². The summed E-state index contributed by atoms with van der Waals surface area (Å²) in [5, 5.41) is 5.20. The highest BCUT2D eigenvalue weighted by Gasteiger charge is 2.21. The van der Waals surface area contributed by atoms with E-state index in [1.807, 2.05) is 41.8 Å². The molecule has 0 saturated heterocycles. The lowest BCUT2D eigenvalue weighted by atomic mass is 9.89. The van der Waals surface area contributed by atoms with Crippen molar-refractivity contribution in [3.63, 3.8) is 0 Å². The fourth-order valence-electron chi connectivity index (χ4n) is 4.34. The van der Waals surface area contributed by atoms with Crippen LogP contribution < -0.4 is 10.9 Å². The van der Waals surface area contributed by atoms with Crippen molar-refractivity contribution in [1.82, 2.24) is 14.9 Å². The Kier molecular flexibility index (Phi) is 5.38. The van der Waals surface area contributed by atoms with Crippen LogP contribution in [-0.4, -0.2) is 15.5 Å². The molecule has 1 N–H and O–H groups in total. The molecule has 5 nitrogen and oxygen atoms in total. The molecule has 6 heteroatoms. The molecule has 4 aromatic rings. The molecule has 2 aromatic carbocycles. The maximum Gasteiger partial charge on any atom is 0.269 e. The highest BCUT2D eigenvalue weighted by atomic mass is 32.1. The first-order chi connectivity index (χ1) is 15.2. The second kappa shape index (κ2) is 8.47. The Morgan fingerprint density at radius 1 is 1.06 bits per heavy atom. The van der Waals surface area contributed by atoms with Crippen LogP contribution in [0.25, 0.3) is 11.0 Å². The molecule has 0 aliphatic heterocycles. The first-order valence-corrected chi connectivity index (χ1v) is 11.5. The minimum Gasteiger partial charge on any atom is -0.343 e. The molecule has 1 atom stereocenters. The van der Waals surface area contributed by atoms with Gasteiger partial charge in [0.15, 0.2) is 0 Å². The summed E-state index contributed by atoms with van der Waals surface area (Å²) < 4.78 is 1.48. The summed E-state index contributed by atoms with van der Waals surface area (Å²) in [5.41, 5.74) is 4.96. The summed E-state index contributed by atoms with van der Waals surface area (Å²) in [6, 6.07) is 17.8. The van der Waals surface area contributed by atoms with E-state index in [1.165, 1.54) is 34.7 Å². The van der Waals surface area contributed by atoms with Crippen molar-refractivity contribution >= 4 is 28.3 Å². The van der Waals surface area contributed by atoms with Crippen LogP contribution in [0.3, 0.4) is 0 Å². The van der Waals surface area contributed by atoms with Crippen molar-refractivity contribution in [2.75, 3.05) is 0 Å². The van der Waals surface area contributed by atoms with Gasteiger partial charge in [0.25, 0.3) is 5.56 Å². The zero-order valence-electron chi connectivity index (χ0n) is 17.1. The van der Waals surface area contributed by atoms with Gasteiger partial charge in [0.2, 0.25) is 5.91 Å². The van der Waals surface area contributed by atoms with Gasteiger partial charge in [-0.2, -0.15) is 0 Å². The molecule has 0 radical (unpaired) electrons. The van der Waals surface area contributed by atoms with E-state index in [4.69, 9.17) is 0 Å². The number of rotatable bonds is 5.